The Kier molecular flexibility index (Phi) is 4.20. The van der Waals surface area contributed by atoms with E-state index in [-0.39, 0.29) is 42.5 Å². The van der Waals surface area contributed by atoms with E-state index in [1.165, 1.54) is 0 Å². The summed E-state index contributed by atoms with van der Waals surface area (Å²) >= 11 is 0. The number of carbonyl (C=O) groups excluding carboxylic acids is 3. The van der Waals surface area contributed by atoms with Gasteiger partial charge < -0.3 is 20.1 Å². The predicted octanol–water partition coefficient (Wildman–Crippen LogP) is -0.279. The number of methoxy groups -OCH3 is 1. The molecule has 6 atom stereocenters. The average molecular weight is 388 g/mol. The van der Waals surface area contributed by atoms with Crippen molar-refractivity contribution in [3.63, 3.8) is 0 Å². The first-order valence-corrected chi connectivity index (χ1v) is 9.26. The third kappa shape index (κ3) is 2.20. The molecule has 4 rings (SSSR count). The van der Waals surface area contributed by atoms with Crippen molar-refractivity contribution in [2.45, 2.75) is 24.7 Å². The van der Waals surface area contributed by atoms with Gasteiger partial charge in [0.2, 0.25) is 5.78 Å². The van der Waals surface area contributed by atoms with Crippen molar-refractivity contribution < 1.29 is 23.9 Å². The van der Waals surface area contributed by atoms with E-state index in [4.69, 9.17) is 15.2 Å². The number of primary amides is 1. The Morgan fingerprint density at radius 1 is 1.46 bits per heavy atom. The van der Waals surface area contributed by atoms with Crippen LogP contribution >= 0.6 is 0 Å². The summed E-state index contributed by atoms with van der Waals surface area (Å²) in [5.41, 5.74) is 5.13. The zero-order valence-electron chi connectivity index (χ0n) is 16.2. The Morgan fingerprint density at radius 3 is 2.79 bits per heavy atom. The van der Waals surface area contributed by atoms with Gasteiger partial charge in [-0.1, -0.05) is 6.08 Å². The minimum Gasteiger partial charge on any atom is -0.449 e. The molecule has 0 aromatic carbocycles. The van der Waals surface area contributed by atoms with Gasteiger partial charge in [0.1, 0.15) is 6.61 Å². The van der Waals surface area contributed by atoms with Crippen LogP contribution in [0.1, 0.15) is 6.92 Å². The summed E-state index contributed by atoms with van der Waals surface area (Å²) in [4.78, 5) is 46.2. The summed E-state index contributed by atoms with van der Waals surface area (Å²) in [6.07, 6.45) is 0.636. The lowest BCUT2D eigenvalue weighted by Crippen LogP contribution is -2.55. The molecule has 9 nitrogen and oxygen atoms in total. The molecule has 4 aliphatic rings. The van der Waals surface area contributed by atoms with Crippen molar-refractivity contribution in [2.24, 2.45) is 22.6 Å². The van der Waals surface area contributed by atoms with E-state index in [1.54, 1.807) is 20.1 Å². The molecule has 0 radical (unpaired) electrons. The van der Waals surface area contributed by atoms with Gasteiger partial charge in [-0.2, -0.15) is 0 Å². The van der Waals surface area contributed by atoms with Gasteiger partial charge in [0, 0.05) is 25.3 Å². The fraction of sp³-hybridized carbons (Fsp3) is 0.579. The Labute approximate surface area is 162 Å². The first kappa shape index (κ1) is 18.8. The number of ether oxygens (including phenoxy) is 2. The molecule has 0 saturated carbocycles. The van der Waals surface area contributed by atoms with Crippen LogP contribution in [-0.2, 0) is 19.1 Å². The number of nitrogens with zero attached hydrogens (tertiary/aromatic N) is 3. The second-order valence-corrected chi connectivity index (χ2v) is 7.62. The molecule has 1 amide bonds. The van der Waals surface area contributed by atoms with Crippen LogP contribution in [0.25, 0.3) is 0 Å². The highest BCUT2D eigenvalue weighted by Gasteiger charge is 2.75. The largest absolute Gasteiger partial charge is 0.449 e. The van der Waals surface area contributed by atoms with Crippen LogP contribution in [0.4, 0.5) is 4.79 Å². The molecule has 0 bridgehead atoms. The second-order valence-electron chi connectivity index (χ2n) is 7.62. The summed E-state index contributed by atoms with van der Waals surface area (Å²) in [7, 11) is 3.53. The SMILES string of the molecule is C=CCN=C1C(=O)C2=C(C(=O)C1C)N1CC3C(N3C)C1(OC)C2COC(N)=O. The van der Waals surface area contributed by atoms with Crippen LogP contribution in [0.2, 0.25) is 0 Å². The van der Waals surface area contributed by atoms with E-state index in [0.29, 0.717) is 17.8 Å². The maximum absolute atomic E-state index is 13.4. The Hall–Kier alpha value is -2.52. The van der Waals surface area contributed by atoms with Crippen LogP contribution in [0.15, 0.2) is 28.9 Å². The lowest BCUT2D eigenvalue weighted by atomic mass is 9.78. The Morgan fingerprint density at radius 2 is 2.18 bits per heavy atom. The molecule has 150 valence electrons. The average Bonchev–Trinajstić information content (AvgIpc) is 3.04. The van der Waals surface area contributed by atoms with E-state index in [9.17, 15) is 14.4 Å². The Bertz CT molecular complexity index is 849. The number of hydrogen-bond donors (Lipinski definition) is 1. The zero-order chi connectivity index (χ0) is 20.4. The summed E-state index contributed by atoms with van der Waals surface area (Å²) in [5, 5.41) is 0. The number of aliphatic imine (C=N–C) groups is 1. The molecule has 0 aromatic rings. The van der Waals surface area contributed by atoms with Crippen molar-refractivity contribution in [3.8, 4) is 0 Å². The lowest BCUT2D eigenvalue weighted by Gasteiger charge is -2.40. The first-order valence-electron chi connectivity index (χ1n) is 9.26. The molecule has 3 aliphatic heterocycles. The Balaban J connectivity index is 1.84. The monoisotopic (exact) mass is 388 g/mol. The van der Waals surface area contributed by atoms with Gasteiger partial charge in [0.05, 0.1) is 35.8 Å². The third-order valence-corrected chi connectivity index (χ3v) is 6.45. The minimum absolute atomic E-state index is 0.00551. The van der Waals surface area contributed by atoms with Gasteiger partial charge in [-0.15, -0.1) is 6.58 Å². The standard InChI is InChI=1S/C19H24N4O5/c1-5-6-21-13-9(2)15(24)14-12(16(13)25)10(8-28-18(20)26)19(27-4)17-11(22(17)3)7-23(14)19/h5,9-11,17H,1,6-8H2,2-4H3,(H2,20,26). The zero-order valence-corrected chi connectivity index (χ0v) is 16.2. The van der Waals surface area contributed by atoms with Crippen LogP contribution < -0.4 is 5.73 Å². The molecule has 0 aromatic heterocycles. The molecule has 3 heterocycles. The summed E-state index contributed by atoms with van der Waals surface area (Å²) < 4.78 is 11.1. The van der Waals surface area contributed by atoms with E-state index in [2.05, 4.69) is 16.5 Å². The smallest absolute Gasteiger partial charge is 0.404 e. The summed E-state index contributed by atoms with van der Waals surface area (Å²) in [5.74, 6) is -1.74. The van der Waals surface area contributed by atoms with Gasteiger partial charge in [-0.05, 0) is 14.0 Å². The number of fused-ring (bicyclic) bond motifs is 4. The molecule has 28 heavy (non-hydrogen) atoms. The minimum atomic E-state index is -0.946. The van der Waals surface area contributed by atoms with E-state index in [0.717, 1.165) is 0 Å². The van der Waals surface area contributed by atoms with Crippen LogP contribution in [-0.4, -0.2) is 84.8 Å². The number of carbonyl (C=O) groups is 3. The van der Waals surface area contributed by atoms with Gasteiger partial charge in [0.15, 0.2) is 11.5 Å². The quantitative estimate of drug-likeness (QED) is 0.509. The maximum Gasteiger partial charge on any atom is 0.404 e. The lowest BCUT2D eigenvalue weighted by molar-refractivity contribution is -0.145. The van der Waals surface area contributed by atoms with Crippen molar-refractivity contribution in [1.29, 1.82) is 0 Å². The molecule has 1 aliphatic carbocycles. The molecular weight excluding hydrogens is 364 g/mol. The molecule has 2 fully saturated rings. The number of amides is 1. The molecule has 6 unspecified atom stereocenters. The normalized spacial score (nSPS) is 39.8. The van der Waals surface area contributed by atoms with Gasteiger partial charge >= 0.3 is 6.09 Å². The third-order valence-electron chi connectivity index (χ3n) is 6.45. The number of piperazine rings is 1. The van der Waals surface area contributed by atoms with Crippen LogP contribution in [0, 0.1) is 11.8 Å². The highest BCUT2D eigenvalue weighted by Crippen LogP contribution is 2.59. The molecular formula is C19H24N4O5. The van der Waals surface area contributed by atoms with Crippen LogP contribution in [0.5, 0.6) is 0 Å². The number of ketones is 2. The maximum atomic E-state index is 13.4. The van der Waals surface area contributed by atoms with Crippen molar-refractivity contribution in [3.05, 3.63) is 23.9 Å². The van der Waals surface area contributed by atoms with E-state index >= 15 is 0 Å². The number of rotatable bonds is 5. The highest BCUT2D eigenvalue weighted by atomic mass is 16.6. The van der Waals surface area contributed by atoms with Gasteiger partial charge in [0.25, 0.3) is 0 Å². The fourth-order valence-corrected chi connectivity index (χ4v) is 5.17. The molecule has 9 heteroatoms. The van der Waals surface area contributed by atoms with Crippen molar-refractivity contribution >= 4 is 23.4 Å². The molecule has 2 N–H and O–H groups in total. The number of allylic oxidation sites excluding steroid dienone is 1. The summed E-state index contributed by atoms with van der Waals surface area (Å²) in [6.45, 7) is 5.99. The second kappa shape index (κ2) is 6.25. The fourth-order valence-electron chi connectivity index (χ4n) is 5.17. The molecule has 0 spiro atoms. The van der Waals surface area contributed by atoms with E-state index < -0.39 is 23.7 Å². The van der Waals surface area contributed by atoms with Crippen LogP contribution in [0.3, 0.4) is 0 Å². The number of Topliss-reactive ketones (excluding diaryl/α,β-unsaturated/α-hetero) is 2. The molecule has 2 saturated heterocycles. The number of nitrogens with two attached hydrogens (primary N) is 1. The van der Waals surface area contributed by atoms with Gasteiger partial charge in [-0.25, -0.2) is 4.79 Å². The number of hydrogen-bond acceptors (Lipinski definition) is 8. The topological polar surface area (TPSA) is 114 Å². The number of likely N-dealkylation sites (N-methyl/N-ethyl adjacent to an activating group) is 1. The first-order chi connectivity index (χ1) is 13.3. The predicted molar refractivity (Wildman–Crippen MR) is 99.5 cm³/mol. The van der Waals surface area contributed by atoms with Crippen molar-refractivity contribution in [2.75, 3.05) is 33.9 Å². The van der Waals surface area contributed by atoms with Crippen molar-refractivity contribution in [1.82, 2.24) is 9.80 Å². The highest BCUT2D eigenvalue weighted by molar-refractivity contribution is 6.53. The van der Waals surface area contributed by atoms with E-state index in [1.807, 2.05) is 11.9 Å². The van der Waals surface area contributed by atoms with Gasteiger partial charge in [-0.3, -0.25) is 19.5 Å². The summed E-state index contributed by atoms with van der Waals surface area (Å²) in [6, 6.07) is 0.216.